The molecule has 82 valence electrons. The number of carbonyl (C=O) groups is 1. The maximum atomic E-state index is 11.8. The summed E-state index contributed by atoms with van der Waals surface area (Å²) in [5.41, 5.74) is 0. The Labute approximate surface area is 93.3 Å². The van der Waals surface area contributed by atoms with Crippen molar-refractivity contribution in [2.45, 2.75) is 18.9 Å². The summed E-state index contributed by atoms with van der Waals surface area (Å²) < 4.78 is 0. The summed E-state index contributed by atoms with van der Waals surface area (Å²) in [6.45, 7) is 1.20. The standard InChI is InChI=1S/C11H15NO2S/c13-6-5-12(9-3-4-9)8-10(14)11-2-1-7-15-11/h1-2,7,9,13H,3-6,8H2. The molecule has 0 aromatic carbocycles. The third kappa shape index (κ3) is 2.87. The van der Waals surface area contributed by atoms with Crippen LogP contribution in [0.4, 0.5) is 0 Å². The fraction of sp³-hybridized carbons (Fsp3) is 0.545. The van der Waals surface area contributed by atoms with Crippen LogP contribution < -0.4 is 0 Å². The van der Waals surface area contributed by atoms with Crippen molar-refractivity contribution in [3.63, 3.8) is 0 Å². The molecule has 0 unspecified atom stereocenters. The molecule has 3 nitrogen and oxygen atoms in total. The van der Waals surface area contributed by atoms with Crippen molar-refractivity contribution in [3.8, 4) is 0 Å². The summed E-state index contributed by atoms with van der Waals surface area (Å²) in [4.78, 5) is 14.7. The van der Waals surface area contributed by atoms with Gasteiger partial charge in [0.2, 0.25) is 0 Å². The van der Waals surface area contributed by atoms with Gasteiger partial charge in [-0.3, -0.25) is 9.69 Å². The van der Waals surface area contributed by atoms with E-state index in [0.717, 1.165) is 17.7 Å². The molecule has 1 aromatic heterocycles. The topological polar surface area (TPSA) is 40.5 Å². The quantitative estimate of drug-likeness (QED) is 0.744. The minimum absolute atomic E-state index is 0.133. The minimum Gasteiger partial charge on any atom is -0.395 e. The number of rotatable bonds is 6. The normalized spacial score (nSPS) is 15.9. The van der Waals surface area contributed by atoms with E-state index in [-0.39, 0.29) is 12.4 Å². The number of hydrogen-bond acceptors (Lipinski definition) is 4. The average Bonchev–Trinajstić information content (AvgIpc) is 2.92. The third-order valence-corrected chi connectivity index (χ3v) is 3.50. The van der Waals surface area contributed by atoms with Crippen molar-refractivity contribution in [3.05, 3.63) is 22.4 Å². The molecule has 0 aliphatic heterocycles. The van der Waals surface area contributed by atoms with Gasteiger partial charge in [-0.1, -0.05) is 6.07 Å². The molecule has 1 heterocycles. The van der Waals surface area contributed by atoms with Gasteiger partial charge in [0, 0.05) is 12.6 Å². The summed E-state index contributed by atoms with van der Waals surface area (Å²) in [6.07, 6.45) is 2.33. The first-order valence-electron chi connectivity index (χ1n) is 5.23. The number of nitrogens with zero attached hydrogens (tertiary/aromatic N) is 1. The lowest BCUT2D eigenvalue weighted by Gasteiger charge is -2.19. The third-order valence-electron chi connectivity index (χ3n) is 2.59. The van der Waals surface area contributed by atoms with Crippen molar-refractivity contribution in [2.75, 3.05) is 19.7 Å². The average molecular weight is 225 g/mol. The molecular weight excluding hydrogens is 210 g/mol. The monoisotopic (exact) mass is 225 g/mol. The van der Waals surface area contributed by atoms with E-state index in [4.69, 9.17) is 5.11 Å². The van der Waals surface area contributed by atoms with Gasteiger partial charge in [0.25, 0.3) is 0 Å². The smallest absolute Gasteiger partial charge is 0.186 e. The van der Waals surface area contributed by atoms with Gasteiger partial charge in [-0.25, -0.2) is 0 Å². The Balaban J connectivity index is 1.91. The van der Waals surface area contributed by atoms with Gasteiger partial charge in [0.05, 0.1) is 18.0 Å². The van der Waals surface area contributed by atoms with Gasteiger partial charge in [0.1, 0.15) is 0 Å². The molecule has 2 rings (SSSR count). The molecule has 0 radical (unpaired) electrons. The maximum absolute atomic E-state index is 11.8. The van der Waals surface area contributed by atoms with Gasteiger partial charge in [-0.05, 0) is 24.3 Å². The number of aliphatic hydroxyl groups is 1. The van der Waals surface area contributed by atoms with Crippen LogP contribution >= 0.6 is 11.3 Å². The lowest BCUT2D eigenvalue weighted by Crippen LogP contribution is -2.34. The van der Waals surface area contributed by atoms with Crippen LogP contribution in [0.25, 0.3) is 0 Å². The number of hydrogen-bond donors (Lipinski definition) is 1. The van der Waals surface area contributed by atoms with Crippen molar-refractivity contribution in [1.29, 1.82) is 0 Å². The lowest BCUT2D eigenvalue weighted by molar-refractivity contribution is 0.0911. The second-order valence-corrected chi connectivity index (χ2v) is 4.77. The van der Waals surface area contributed by atoms with Gasteiger partial charge >= 0.3 is 0 Å². The van der Waals surface area contributed by atoms with Gasteiger partial charge in [-0.15, -0.1) is 11.3 Å². The SMILES string of the molecule is O=C(CN(CCO)C1CC1)c1cccs1. The highest BCUT2D eigenvalue weighted by Gasteiger charge is 2.29. The van der Waals surface area contributed by atoms with Crippen LogP contribution in [0.2, 0.25) is 0 Å². The molecule has 4 heteroatoms. The van der Waals surface area contributed by atoms with E-state index >= 15 is 0 Å². The van der Waals surface area contributed by atoms with Crippen LogP contribution in [0, 0.1) is 0 Å². The van der Waals surface area contributed by atoms with Gasteiger partial charge < -0.3 is 5.11 Å². The molecule has 0 amide bonds. The number of ketones is 1. The van der Waals surface area contributed by atoms with Crippen molar-refractivity contribution in [2.24, 2.45) is 0 Å². The summed E-state index contributed by atoms with van der Waals surface area (Å²) in [5, 5.41) is 10.8. The van der Waals surface area contributed by atoms with Crippen LogP contribution in [0.5, 0.6) is 0 Å². The summed E-state index contributed by atoms with van der Waals surface area (Å²) in [6, 6.07) is 4.28. The summed E-state index contributed by atoms with van der Waals surface area (Å²) in [5.74, 6) is 0.172. The van der Waals surface area contributed by atoms with E-state index in [2.05, 4.69) is 4.90 Å². The first-order valence-corrected chi connectivity index (χ1v) is 6.11. The highest BCUT2D eigenvalue weighted by Crippen LogP contribution is 2.26. The predicted octanol–water partition coefficient (Wildman–Crippen LogP) is 1.39. The molecule has 1 aromatic rings. The second-order valence-electron chi connectivity index (χ2n) is 3.83. The molecule has 1 aliphatic rings. The molecule has 1 fully saturated rings. The predicted molar refractivity (Wildman–Crippen MR) is 60.3 cm³/mol. The number of thiophene rings is 1. The largest absolute Gasteiger partial charge is 0.395 e. The van der Waals surface area contributed by atoms with Crippen molar-refractivity contribution >= 4 is 17.1 Å². The fourth-order valence-electron chi connectivity index (χ4n) is 1.66. The fourth-order valence-corrected chi connectivity index (χ4v) is 2.32. The van der Waals surface area contributed by atoms with E-state index in [1.807, 2.05) is 17.5 Å². The summed E-state index contributed by atoms with van der Waals surface area (Å²) >= 11 is 1.48. The van der Waals surface area contributed by atoms with Crippen LogP contribution in [-0.2, 0) is 0 Å². The molecule has 0 atom stereocenters. The van der Waals surface area contributed by atoms with E-state index in [1.165, 1.54) is 11.3 Å². The number of carbonyl (C=O) groups excluding carboxylic acids is 1. The number of Topliss-reactive ketones (excluding diaryl/α,β-unsaturated/α-hetero) is 1. The van der Waals surface area contributed by atoms with E-state index in [0.29, 0.717) is 19.1 Å². The van der Waals surface area contributed by atoms with Crippen molar-refractivity contribution in [1.82, 2.24) is 4.90 Å². The lowest BCUT2D eigenvalue weighted by atomic mass is 10.3. The Morgan fingerprint density at radius 3 is 2.93 bits per heavy atom. The second kappa shape index (κ2) is 4.88. The molecule has 1 aliphatic carbocycles. The Bertz CT molecular complexity index is 319. The molecule has 1 saturated carbocycles. The van der Waals surface area contributed by atoms with Crippen LogP contribution in [0.3, 0.4) is 0 Å². The zero-order chi connectivity index (χ0) is 10.7. The summed E-state index contributed by atoms with van der Waals surface area (Å²) in [7, 11) is 0. The van der Waals surface area contributed by atoms with E-state index < -0.39 is 0 Å². The van der Waals surface area contributed by atoms with Crippen LogP contribution in [-0.4, -0.2) is 41.5 Å². The Kier molecular flexibility index (Phi) is 3.51. The molecular formula is C11H15NO2S. The first-order chi connectivity index (χ1) is 7.31. The zero-order valence-electron chi connectivity index (χ0n) is 8.56. The van der Waals surface area contributed by atoms with E-state index in [1.54, 1.807) is 0 Å². The van der Waals surface area contributed by atoms with Crippen molar-refractivity contribution < 1.29 is 9.90 Å². The molecule has 15 heavy (non-hydrogen) atoms. The maximum Gasteiger partial charge on any atom is 0.186 e. The minimum atomic E-state index is 0.133. The molecule has 0 saturated heterocycles. The Morgan fingerprint density at radius 1 is 1.60 bits per heavy atom. The van der Waals surface area contributed by atoms with Crippen LogP contribution in [0.15, 0.2) is 17.5 Å². The van der Waals surface area contributed by atoms with Gasteiger partial charge in [-0.2, -0.15) is 0 Å². The number of aliphatic hydroxyl groups excluding tert-OH is 1. The van der Waals surface area contributed by atoms with Crippen LogP contribution in [0.1, 0.15) is 22.5 Å². The van der Waals surface area contributed by atoms with E-state index in [9.17, 15) is 4.79 Å². The first kappa shape index (κ1) is 10.8. The highest BCUT2D eigenvalue weighted by atomic mass is 32.1. The molecule has 1 N–H and O–H groups in total. The molecule has 0 bridgehead atoms. The zero-order valence-corrected chi connectivity index (χ0v) is 9.37. The van der Waals surface area contributed by atoms with Gasteiger partial charge in [0.15, 0.2) is 5.78 Å². The Morgan fingerprint density at radius 2 is 2.40 bits per heavy atom. The molecule has 0 spiro atoms. The Hall–Kier alpha value is -0.710. The highest BCUT2D eigenvalue weighted by molar-refractivity contribution is 7.12.